The highest BCUT2D eigenvalue weighted by molar-refractivity contribution is 7.99. The first kappa shape index (κ1) is 9.81. The average Bonchev–Trinajstić information content (AvgIpc) is 2.54. The van der Waals surface area contributed by atoms with Gasteiger partial charge in [0.1, 0.15) is 0 Å². The standard InChI is InChI=1S/C10H19NOS/c11-7-10(3-1-4-10)9(12)8-2-5-13-6-8/h8-9,12H,1-7,11H2. The molecular weight excluding hydrogens is 182 g/mol. The van der Waals surface area contributed by atoms with Crippen LogP contribution in [-0.2, 0) is 0 Å². The molecule has 13 heavy (non-hydrogen) atoms. The smallest absolute Gasteiger partial charge is 0.0644 e. The molecule has 3 heteroatoms. The maximum atomic E-state index is 10.2. The molecule has 2 nitrogen and oxygen atoms in total. The van der Waals surface area contributed by atoms with Crippen LogP contribution in [0.25, 0.3) is 0 Å². The summed E-state index contributed by atoms with van der Waals surface area (Å²) in [5.74, 6) is 2.89. The van der Waals surface area contributed by atoms with Gasteiger partial charge in [-0.3, -0.25) is 0 Å². The summed E-state index contributed by atoms with van der Waals surface area (Å²) in [5, 5.41) is 10.2. The molecule has 0 amide bonds. The maximum Gasteiger partial charge on any atom is 0.0644 e. The molecule has 76 valence electrons. The van der Waals surface area contributed by atoms with Gasteiger partial charge < -0.3 is 10.8 Å². The van der Waals surface area contributed by atoms with E-state index in [0.29, 0.717) is 12.5 Å². The molecule has 0 aromatic heterocycles. The number of aliphatic hydroxyl groups excluding tert-OH is 1. The molecule has 1 saturated heterocycles. The lowest BCUT2D eigenvalue weighted by atomic mass is 9.62. The highest BCUT2D eigenvalue weighted by atomic mass is 32.2. The molecule has 0 radical (unpaired) electrons. The van der Waals surface area contributed by atoms with Crippen molar-refractivity contribution in [1.82, 2.24) is 0 Å². The Morgan fingerprint density at radius 1 is 1.54 bits per heavy atom. The lowest BCUT2D eigenvalue weighted by Gasteiger charge is -2.46. The lowest BCUT2D eigenvalue weighted by Crippen LogP contribution is -2.50. The quantitative estimate of drug-likeness (QED) is 0.722. The Kier molecular flexibility index (Phi) is 2.86. The van der Waals surface area contributed by atoms with Gasteiger partial charge in [-0.05, 0) is 36.7 Å². The number of nitrogens with two attached hydrogens (primary N) is 1. The minimum atomic E-state index is -0.124. The summed E-state index contributed by atoms with van der Waals surface area (Å²) in [5.41, 5.74) is 5.88. The number of rotatable bonds is 3. The summed E-state index contributed by atoms with van der Waals surface area (Å²) >= 11 is 1.97. The van der Waals surface area contributed by atoms with Crippen molar-refractivity contribution in [1.29, 1.82) is 0 Å². The molecule has 1 aliphatic carbocycles. The van der Waals surface area contributed by atoms with Gasteiger partial charge in [-0.25, -0.2) is 0 Å². The van der Waals surface area contributed by atoms with E-state index in [1.807, 2.05) is 11.8 Å². The van der Waals surface area contributed by atoms with E-state index in [4.69, 9.17) is 5.73 Å². The zero-order chi connectivity index (χ0) is 9.31. The van der Waals surface area contributed by atoms with Crippen molar-refractivity contribution in [3.63, 3.8) is 0 Å². The van der Waals surface area contributed by atoms with Crippen molar-refractivity contribution in [2.75, 3.05) is 18.1 Å². The molecule has 0 aromatic carbocycles. The van der Waals surface area contributed by atoms with E-state index in [0.717, 1.165) is 18.6 Å². The highest BCUT2D eigenvalue weighted by Gasteiger charge is 2.45. The summed E-state index contributed by atoms with van der Waals surface area (Å²) in [6.07, 6.45) is 4.61. The number of hydrogen-bond acceptors (Lipinski definition) is 3. The van der Waals surface area contributed by atoms with Crippen molar-refractivity contribution in [3.05, 3.63) is 0 Å². The van der Waals surface area contributed by atoms with Crippen LogP contribution in [0.2, 0.25) is 0 Å². The first-order valence-electron chi connectivity index (χ1n) is 5.24. The molecule has 0 bridgehead atoms. The third-order valence-corrected chi connectivity index (χ3v) is 4.98. The largest absolute Gasteiger partial charge is 0.392 e. The number of thioether (sulfide) groups is 1. The predicted octanol–water partition coefficient (Wildman–Crippen LogP) is 1.23. The molecule has 2 unspecified atom stereocenters. The van der Waals surface area contributed by atoms with Crippen LogP contribution in [0.1, 0.15) is 25.7 Å². The van der Waals surface area contributed by atoms with Gasteiger partial charge in [-0.15, -0.1) is 0 Å². The van der Waals surface area contributed by atoms with Gasteiger partial charge in [-0.1, -0.05) is 6.42 Å². The van der Waals surface area contributed by atoms with E-state index in [2.05, 4.69) is 0 Å². The van der Waals surface area contributed by atoms with E-state index >= 15 is 0 Å². The normalized spacial score (nSPS) is 34.2. The number of hydrogen-bond donors (Lipinski definition) is 2. The molecule has 2 atom stereocenters. The first-order chi connectivity index (χ1) is 6.28. The van der Waals surface area contributed by atoms with Crippen LogP contribution < -0.4 is 5.73 Å². The van der Waals surface area contributed by atoms with Gasteiger partial charge in [0.05, 0.1) is 6.10 Å². The third kappa shape index (κ3) is 1.62. The monoisotopic (exact) mass is 201 g/mol. The van der Waals surface area contributed by atoms with Gasteiger partial charge >= 0.3 is 0 Å². The fourth-order valence-electron chi connectivity index (χ4n) is 2.55. The Labute approximate surface area is 84.3 Å². The van der Waals surface area contributed by atoms with Crippen molar-refractivity contribution >= 4 is 11.8 Å². The lowest BCUT2D eigenvalue weighted by molar-refractivity contribution is -0.0563. The first-order valence-corrected chi connectivity index (χ1v) is 6.40. The van der Waals surface area contributed by atoms with Crippen molar-refractivity contribution in [3.8, 4) is 0 Å². The molecule has 3 N–H and O–H groups in total. The summed E-state index contributed by atoms with van der Waals surface area (Å²) in [4.78, 5) is 0. The van der Waals surface area contributed by atoms with Crippen molar-refractivity contribution < 1.29 is 5.11 Å². The molecule has 2 aliphatic rings. The Morgan fingerprint density at radius 2 is 2.31 bits per heavy atom. The van der Waals surface area contributed by atoms with E-state index in [1.165, 1.54) is 18.6 Å². The van der Waals surface area contributed by atoms with Gasteiger partial charge in [0.15, 0.2) is 0 Å². The van der Waals surface area contributed by atoms with Crippen LogP contribution in [0.4, 0.5) is 0 Å². The molecule has 1 aliphatic heterocycles. The molecule has 2 rings (SSSR count). The second kappa shape index (κ2) is 3.79. The fourth-order valence-corrected chi connectivity index (χ4v) is 3.84. The summed E-state index contributed by atoms with van der Waals surface area (Å²) < 4.78 is 0. The summed E-state index contributed by atoms with van der Waals surface area (Å²) in [6.45, 7) is 0.676. The van der Waals surface area contributed by atoms with Crippen molar-refractivity contribution in [2.45, 2.75) is 31.8 Å². The Hall–Kier alpha value is 0.270. The molecule has 2 fully saturated rings. The molecule has 1 saturated carbocycles. The van der Waals surface area contributed by atoms with E-state index in [1.54, 1.807) is 0 Å². The Balaban J connectivity index is 1.97. The van der Waals surface area contributed by atoms with Gasteiger partial charge in [0.25, 0.3) is 0 Å². The second-order valence-electron chi connectivity index (χ2n) is 4.49. The topological polar surface area (TPSA) is 46.2 Å². The average molecular weight is 201 g/mol. The van der Waals surface area contributed by atoms with E-state index in [9.17, 15) is 5.11 Å². The summed E-state index contributed by atoms with van der Waals surface area (Å²) in [7, 11) is 0. The fraction of sp³-hybridized carbons (Fsp3) is 1.00. The number of aliphatic hydroxyl groups is 1. The van der Waals surface area contributed by atoms with Gasteiger partial charge in [-0.2, -0.15) is 11.8 Å². The Bertz CT molecular complexity index is 170. The summed E-state index contributed by atoms with van der Waals surface area (Å²) in [6, 6.07) is 0. The van der Waals surface area contributed by atoms with Crippen LogP contribution in [0, 0.1) is 11.3 Å². The second-order valence-corrected chi connectivity index (χ2v) is 5.64. The van der Waals surface area contributed by atoms with Gasteiger partial charge in [0.2, 0.25) is 0 Å². The van der Waals surface area contributed by atoms with Crippen LogP contribution in [0.5, 0.6) is 0 Å². The van der Waals surface area contributed by atoms with E-state index < -0.39 is 0 Å². The molecule has 0 aromatic rings. The molecule has 0 spiro atoms. The Morgan fingerprint density at radius 3 is 2.69 bits per heavy atom. The molecule has 1 heterocycles. The van der Waals surface area contributed by atoms with Gasteiger partial charge in [0, 0.05) is 12.0 Å². The van der Waals surface area contributed by atoms with Crippen molar-refractivity contribution in [2.24, 2.45) is 17.1 Å². The zero-order valence-corrected chi connectivity index (χ0v) is 8.85. The third-order valence-electron chi connectivity index (χ3n) is 3.79. The highest BCUT2D eigenvalue weighted by Crippen LogP contribution is 2.47. The van der Waals surface area contributed by atoms with Crippen LogP contribution in [-0.4, -0.2) is 29.3 Å². The minimum Gasteiger partial charge on any atom is -0.392 e. The van der Waals surface area contributed by atoms with E-state index in [-0.39, 0.29) is 11.5 Å². The SMILES string of the molecule is NCC1(C(O)C2CCSC2)CCC1. The maximum absolute atomic E-state index is 10.2. The molecular formula is C10H19NOS. The van der Waals surface area contributed by atoms with Crippen LogP contribution >= 0.6 is 11.8 Å². The zero-order valence-electron chi connectivity index (χ0n) is 8.04. The minimum absolute atomic E-state index is 0.107. The van der Waals surface area contributed by atoms with Crippen LogP contribution in [0.15, 0.2) is 0 Å². The van der Waals surface area contributed by atoms with Crippen LogP contribution in [0.3, 0.4) is 0 Å². The predicted molar refractivity (Wildman–Crippen MR) is 56.8 cm³/mol.